The summed E-state index contributed by atoms with van der Waals surface area (Å²) in [6.07, 6.45) is 1.98. The molecule has 0 aromatic heterocycles. The Labute approximate surface area is 155 Å². The average Bonchev–Trinajstić information content (AvgIpc) is 2.68. The number of unbranched alkanes of at least 4 members (excludes halogenated alkanes) is 1. The third-order valence-electron chi connectivity index (χ3n) is 3.95. The topological polar surface area (TPSA) is 67.8 Å². The fraction of sp³-hybridized carbons (Fsp3) is 0.381. The fourth-order valence-electron chi connectivity index (χ4n) is 2.50. The lowest BCUT2D eigenvalue weighted by molar-refractivity contribution is 0.129. The van der Waals surface area contributed by atoms with Gasteiger partial charge in [0, 0.05) is 0 Å². The predicted octanol–water partition coefficient (Wildman–Crippen LogP) is 3.70. The van der Waals surface area contributed by atoms with Crippen molar-refractivity contribution in [2.45, 2.75) is 38.8 Å². The van der Waals surface area contributed by atoms with Gasteiger partial charge in [-0.05, 0) is 30.0 Å². The van der Waals surface area contributed by atoms with E-state index in [2.05, 4.69) is 12.2 Å². The zero-order valence-corrected chi connectivity index (χ0v) is 15.2. The van der Waals surface area contributed by atoms with Crippen molar-refractivity contribution in [2.24, 2.45) is 0 Å². The minimum atomic E-state index is -0.544. The highest BCUT2D eigenvalue weighted by atomic mass is 16.5. The summed E-state index contributed by atoms with van der Waals surface area (Å²) >= 11 is 0. The summed E-state index contributed by atoms with van der Waals surface area (Å²) in [7, 11) is 0. The Morgan fingerprint density at radius 2 is 1.85 bits per heavy atom. The van der Waals surface area contributed by atoms with Crippen molar-refractivity contribution in [3.8, 4) is 5.75 Å². The number of alkyl carbamates (subject to hydrolysis) is 1. The molecule has 0 fully saturated rings. The number of amides is 1. The molecule has 0 spiro atoms. The maximum atomic E-state index is 12.0. The van der Waals surface area contributed by atoms with Gasteiger partial charge in [0.05, 0.1) is 19.3 Å². The van der Waals surface area contributed by atoms with Crippen LogP contribution in [0.25, 0.3) is 0 Å². The molecule has 2 rings (SSSR count). The van der Waals surface area contributed by atoms with Gasteiger partial charge in [0.25, 0.3) is 0 Å². The van der Waals surface area contributed by atoms with E-state index in [4.69, 9.17) is 9.47 Å². The number of rotatable bonds is 10. The molecule has 0 bridgehead atoms. The highest BCUT2D eigenvalue weighted by Crippen LogP contribution is 2.20. The first kappa shape index (κ1) is 19.8. The predicted molar refractivity (Wildman–Crippen MR) is 101 cm³/mol. The molecule has 1 atom stereocenters. The molecule has 1 unspecified atom stereocenters. The number of ether oxygens (including phenoxy) is 2. The number of benzene rings is 2. The molecule has 0 aliphatic carbocycles. The van der Waals surface area contributed by atoms with E-state index in [0.29, 0.717) is 13.0 Å². The highest BCUT2D eigenvalue weighted by molar-refractivity contribution is 5.67. The summed E-state index contributed by atoms with van der Waals surface area (Å²) in [5.74, 6) is 0.791. The number of aliphatic hydroxyl groups is 1. The quantitative estimate of drug-likeness (QED) is 0.636. The monoisotopic (exact) mass is 357 g/mol. The number of aliphatic hydroxyl groups excluding tert-OH is 1. The van der Waals surface area contributed by atoms with Crippen LogP contribution in [-0.2, 0) is 17.8 Å². The van der Waals surface area contributed by atoms with E-state index in [0.717, 1.165) is 29.7 Å². The number of carbonyl (C=O) groups excluding carboxylic acids is 1. The van der Waals surface area contributed by atoms with Crippen molar-refractivity contribution >= 4 is 6.09 Å². The molecule has 2 N–H and O–H groups in total. The van der Waals surface area contributed by atoms with Crippen LogP contribution in [0.4, 0.5) is 4.79 Å². The molecule has 0 radical (unpaired) electrons. The van der Waals surface area contributed by atoms with Crippen molar-refractivity contribution < 1.29 is 19.4 Å². The molecular formula is C21H27NO4. The molecule has 5 nitrogen and oxygen atoms in total. The van der Waals surface area contributed by atoms with Crippen molar-refractivity contribution in [1.82, 2.24) is 5.32 Å². The SMILES string of the molecule is CCCCOc1ccccc1CC(CO)NC(=O)OCc1ccccc1. The van der Waals surface area contributed by atoms with Gasteiger partial charge in [0.2, 0.25) is 0 Å². The van der Waals surface area contributed by atoms with Crippen LogP contribution >= 0.6 is 0 Å². The van der Waals surface area contributed by atoms with E-state index in [1.807, 2.05) is 54.6 Å². The van der Waals surface area contributed by atoms with Gasteiger partial charge in [0.15, 0.2) is 0 Å². The van der Waals surface area contributed by atoms with Gasteiger partial charge in [-0.3, -0.25) is 0 Å². The van der Waals surface area contributed by atoms with E-state index < -0.39 is 12.1 Å². The standard InChI is InChI=1S/C21H27NO4/c1-2-3-13-25-20-12-8-7-11-18(20)14-19(15-23)22-21(24)26-16-17-9-5-4-6-10-17/h4-12,19,23H,2-3,13-16H2,1H3,(H,22,24). The maximum Gasteiger partial charge on any atom is 0.407 e. The van der Waals surface area contributed by atoms with Gasteiger partial charge in [-0.25, -0.2) is 4.79 Å². The Bertz CT molecular complexity index is 660. The van der Waals surface area contributed by atoms with Gasteiger partial charge in [-0.2, -0.15) is 0 Å². The van der Waals surface area contributed by atoms with Crippen LogP contribution in [0, 0.1) is 0 Å². The minimum absolute atomic E-state index is 0.177. The van der Waals surface area contributed by atoms with Crippen LogP contribution in [0.1, 0.15) is 30.9 Å². The lowest BCUT2D eigenvalue weighted by Gasteiger charge is -2.18. The summed E-state index contributed by atoms with van der Waals surface area (Å²) in [6, 6.07) is 16.7. The summed E-state index contributed by atoms with van der Waals surface area (Å²) in [5.41, 5.74) is 1.86. The number of carbonyl (C=O) groups is 1. The largest absolute Gasteiger partial charge is 0.493 e. The Kier molecular flexibility index (Phi) is 8.49. The van der Waals surface area contributed by atoms with Crippen molar-refractivity contribution in [2.75, 3.05) is 13.2 Å². The second kappa shape index (κ2) is 11.2. The number of hydrogen-bond donors (Lipinski definition) is 2. The van der Waals surface area contributed by atoms with E-state index in [1.54, 1.807) is 0 Å². The maximum absolute atomic E-state index is 12.0. The lowest BCUT2D eigenvalue weighted by atomic mass is 10.1. The molecule has 2 aromatic carbocycles. The molecule has 0 saturated heterocycles. The molecule has 5 heteroatoms. The number of hydrogen-bond acceptors (Lipinski definition) is 4. The Morgan fingerprint density at radius 1 is 1.12 bits per heavy atom. The van der Waals surface area contributed by atoms with Crippen molar-refractivity contribution in [3.05, 3.63) is 65.7 Å². The molecule has 0 saturated carbocycles. The number of para-hydroxylation sites is 1. The summed E-state index contributed by atoms with van der Waals surface area (Å²) in [4.78, 5) is 12.0. The second-order valence-corrected chi connectivity index (χ2v) is 6.10. The van der Waals surface area contributed by atoms with Gasteiger partial charge in [0.1, 0.15) is 12.4 Å². The Morgan fingerprint density at radius 3 is 2.58 bits per heavy atom. The molecule has 1 amide bonds. The van der Waals surface area contributed by atoms with Crippen LogP contribution in [0.3, 0.4) is 0 Å². The van der Waals surface area contributed by atoms with Crippen LogP contribution in [0.5, 0.6) is 5.75 Å². The molecule has 0 heterocycles. The minimum Gasteiger partial charge on any atom is -0.493 e. The first-order valence-electron chi connectivity index (χ1n) is 9.01. The van der Waals surface area contributed by atoms with Crippen LogP contribution in [-0.4, -0.2) is 30.5 Å². The zero-order chi connectivity index (χ0) is 18.6. The van der Waals surface area contributed by atoms with Crippen LogP contribution in [0.2, 0.25) is 0 Å². The summed E-state index contributed by atoms with van der Waals surface area (Å²) < 4.78 is 11.0. The van der Waals surface area contributed by atoms with Crippen LogP contribution in [0.15, 0.2) is 54.6 Å². The lowest BCUT2D eigenvalue weighted by Crippen LogP contribution is -2.39. The van der Waals surface area contributed by atoms with Crippen molar-refractivity contribution in [1.29, 1.82) is 0 Å². The highest BCUT2D eigenvalue weighted by Gasteiger charge is 2.15. The Balaban J connectivity index is 1.87. The van der Waals surface area contributed by atoms with E-state index in [-0.39, 0.29) is 13.2 Å². The van der Waals surface area contributed by atoms with E-state index >= 15 is 0 Å². The third kappa shape index (κ3) is 6.76. The molecule has 26 heavy (non-hydrogen) atoms. The van der Waals surface area contributed by atoms with Gasteiger partial charge in [-0.1, -0.05) is 61.9 Å². The Hall–Kier alpha value is -2.53. The first-order chi connectivity index (χ1) is 12.7. The third-order valence-corrected chi connectivity index (χ3v) is 3.95. The van der Waals surface area contributed by atoms with Gasteiger partial charge >= 0.3 is 6.09 Å². The molecule has 0 aliphatic heterocycles. The number of nitrogens with one attached hydrogen (secondary N) is 1. The molecular weight excluding hydrogens is 330 g/mol. The molecule has 0 aliphatic rings. The van der Waals surface area contributed by atoms with E-state index in [1.165, 1.54) is 0 Å². The van der Waals surface area contributed by atoms with Crippen LogP contribution < -0.4 is 10.1 Å². The van der Waals surface area contributed by atoms with Crippen molar-refractivity contribution in [3.63, 3.8) is 0 Å². The summed E-state index contributed by atoms with van der Waals surface area (Å²) in [5, 5.41) is 12.3. The first-order valence-corrected chi connectivity index (χ1v) is 9.01. The zero-order valence-electron chi connectivity index (χ0n) is 15.2. The van der Waals surface area contributed by atoms with Gasteiger partial charge < -0.3 is 19.9 Å². The van der Waals surface area contributed by atoms with Gasteiger partial charge in [-0.15, -0.1) is 0 Å². The normalized spacial score (nSPS) is 11.6. The average molecular weight is 357 g/mol. The smallest absolute Gasteiger partial charge is 0.407 e. The second-order valence-electron chi connectivity index (χ2n) is 6.10. The molecule has 2 aromatic rings. The fourth-order valence-corrected chi connectivity index (χ4v) is 2.50. The molecule has 140 valence electrons. The summed E-state index contributed by atoms with van der Waals surface area (Å²) in [6.45, 7) is 2.79. The van der Waals surface area contributed by atoms with E-state index in [9.17, 15) is 9.90 Å².